The molecule has 1 atom stereocenters. The number of imidazole rings is 1. The van der Waals surface area contributed by atoms with E-state index in [-0.39, 0.29) is 0 Å². The fraction of sp³-hybridized carbons (Fsp3) is 0.552. The van der Waals surface area contributed by atoms with Crippen molar-refractivity contribution in [2.45, 2.75) is 69.4 Å². The molecule has 2 aromatic carbocycles. The van der Waals surface area contributed by atoms with Crippen LogP contribution >= 0.6 is 0 Å². The molecule has 0 bridgehead atoms. The summed E-state index contributed by atoms with van der Waals surface area (Å²) < 4.78 is 14.0. The van der Waals surface area contributed by atoms with E-state index in [4.69, 9.17) is 4.98 Å². The maximum absolute atomic E-state index is 11.8. The van der Waals surface area contributed by atoms with Gasteiger partial charge in [0, 0.05) is 24.7 Å². The third-order valence-electron chi connectivity index (χ3n) is 8.43. The maximum atomic E-state index is 11.8. The average molecular weight is 493 g/mol. The van der Waals surface area contributed by atoms with E-state index in [9.17, 15) is 4.55 Å². The van der Waals surface area contributed by atoms with Gasteiger partial charge in [-0.3, -0.25) is 0 Å². The van der Waals surface area contributed by atoms with Gasteiger partial charge in [0.25, 0.3) is 0 Å². The second kappa shape index (κ2) is 10.3. The van der Waals surface area contributed by atoms with Gasteiger partial charge in [-0.05, 0) is 137 Å². The van der Waals surface area contributed by atoms with E-state index in [1.54, 1.807) is 6.26 Å². The highest BCUT2D eigenvalue weighted by Crippen LogP contribution is 2.35. The van der Waals surface area contributed by atoms with E-state index in [1.165, 1.54) is 68.5 Å². The number of piperidine rings is 2. The summed E-state index contributed by atoms with van der Waals surface area (Å²) in [6, 6.07) is 14.1. The minimum Gasteiger partial charge on any atom is -0.612 e. The molecule has 188 valence electrons. The van der Waals surface area contributed by atoms with Gasteiger partial charge in [-0.25, -0.2) is 4.98 Å². The first-order chi connectivity index (χ1) is 16.8. The number of hydrogen-bond donors (Lipinski definition) is 0. The molecule has 5 rings (SSSR count). The quantitative estimate of drug-likeness (QED) is 0.451. The van der Waals surface area contributed by atoms with Crippen LogP contribution in [0.15, 0.2) is 41.3 Å². The largest absolute Gasteiger partial charge is 0.612 e. The molecule has 0 spiro atoms. The van der Waals surface area contributed by atoms with Crippen molar-refractivity contribution in [1.82, 2.24) is 19.4 Å². The van der Waals surface area contributed by atoms with Gasteiger partial charge in [-0.1, -0.05) is 0 Å². The summed E-state index contributed by atoms with van der Waals surface area (Å²) in [5.41, 5.74) is 6.18. The van der Waals surface area contributed by atoms with Crippen LogP contribution in [0.1, 0.15) is 56.6 Å². The number of aromatic nitrogens is 2. The molecule has 3 aromatic rings. The smallest absolute Gasteiger partial charge is 0.152 e. The predicted molar refractivity (Wildman–Crippen MR) is 146 cm³/mol. The molecular weight excluding hydrogens is 452 g/mol. The van der Waals surface area contributed by atoms with Crippen molar-refractivity contribution >= 4 is 22.2 Å². The monoisotopic (exact) mass is 492 g/mol. The Morgan fingerprint density at radius 1 is 0.971 bits per heavy atom. The van der Waals surface area contributed by atoms with Gasteiger partial charge in [0.15, 0.2) is 4.90 Å². The first-order valence-corrected chi connectivity index (χ1v) is 14.8. The zero-order valence-corrected chi connectivity index (χ0v) is 22.8. The first kappa shape index (κ1) is 24.8. The summed E-state index contributed by atoms with van der Waals surface area (Å²) in [6.45, 7) is 11.8. The highest BCUT2D eigenvalue weighted by molar-refractivity contribution is 7.90. The Balaban J connectivity index is 1.31. The Morgan fingerprint density at radius 2 is 1.63 bits per heavy atom. The van der Waals surface area contributed by atoms with Crippen LogP contribution < -0.4 is 0 Å². The lowest BCUT2D eigenvalue weighted by Gasteiger charge is -2.43. The van der Waals surface area contributed by atoms with Crippen LogP contribution in [0.3, 0.4) is 0 Å². The molecule has 2 aliphatic heterocycles. The maximum Gasteiger partial charge on any atom is 0.152 e. The number of nitrogens with zero attached hydrogens (tertiary/aromatic N) is 4. The summed E-state index contributed by atoms with van der Waals surface area (Å²) in [4.78, 5) is 11.2. The Kier molecular flexibility index (Phi) is 7.27. The molecule has 2 fully saturated rings. The highest BCUT2D eigenvalue weighted by atomic mass is 32.2. The molecule has 3 heterocycles. The third-order valence-corrected chi connectivity index (χ3v) is 9.36. The molecule has 0 radical (unpaired) electrons. The zero-order chi connectivity index (χ0) is 24.7. The van der Waals surface area contributed by atoms with Crippen molar-refractivity contribution in [3.05, 3.63) is 47.5 Å². The van der Waals surface area contributed by atoms with Gasteiger partial charge in [-0.2, -0.15) is 0 Å². The number of aryl methyl sites for hydroxylation is 2. The van der Waals surface area contributed by atoms with Crippen LogP contribution in [-0.2, 0) is 18.2 Å². The zero-order valence-electron chi connectivity index (χ0n) is 22.0. The van der Waals surface area contributed by atoms with Crippen molar-refractivity contribution in [1.29, 1.82) is 0 Å². The molecule has 0 N–H and O–H groups in total. The van der Waals surface area contributed by atoms with Crippen LogP contribution in [0.25, 0.3) is 22.4 Å². The molecule has 2 saturated heterocycles. The molecule has 0 saturated carbocycles. The lowest BCUT2D eigenvalue weighted by atomic mass is 9.85. The minimum atomic E-state index is -0.964. The van der Waals surface area contributed by atoms with Gasteiger partial charge in [0.05, 0.1) is 11.0 Å². The normalized spacial score (nSPS) is 20.2. The van der Waals surface area contributed by atoms with Gasteiger partial charge in [0.2, 0.25) is 0 Å². The number of hydrogen-bond acceptors (Lipinski definition) is 4. The third kappa shape index (κ3) is 5.04. The lowest BCUT2D eigenvalue weighted by molar-refractivity contribution is 0.0753. The van der Waals surface area contributed by atoms with E-state index < -0.39 is 11.2 Å². The van der Waals surface area contributed by atoms with E-state index in [0.717, 1.165) is 27.8 Å². The van der Waals surface area contributed by atoms with E-state index in [2.05, 4.69) is 54.3 Å². The molecule has 6 heteroatoms. The van der Waals surface area contributed by atoms with Crippen LogP contribution in [0.5, 0.6) is 0 Å². The molecule has 5 nitrogen and oxygen atoms in total. The fourth-order valence-electron chi connectivity index (χ4n) is 6.20. The molecule has 1 unspecified atom stereocenters. The molecule has 0 amide bonds. The second-order valence-corrected chi connectivity index (χ2v) is 12.2. The number of benzene rings is 2. The molecular formula is C29H40N4OS. The van der Waals surface area contributed by atoms with Gasteiger partial charge >= 0.3 is 0 Å². The number of rotatable bonds is 5. The molecule has 0 aliphatic carbocycles. The van der Waals surface area contributed by atoms with Crippen molar-refractivity contribution < 1.29 is 4.55 Å². The van der Waals surface area contributed by atoms with Crippen LogP contribution in [0, 0.1) is 6.92 Å². The minimum absolute atomic E-state index is 0.628. The van der Waals surface area contributed by atoms with Crippen molar-refractivity contribution in [3.63, 3.8) is 0 Å². The Bertz CT molecular complexity index is 1150. The van der Waals surface area contributed by atoms with Crippen LogP contribution in [0.2, 0.25) is 0 Å². The van der Waals surface area contributed by atoms with Gasteiger partial charge < -0.3 is 18.9 Å². The summed E-state index contributed by atoms with van der Waals surface area (Å²) >= 11 is -0.964. The fourth-order valence-corrected chi connectivity index (χ4v) is 6.71. The van der Waals surface area contributed by atoms with Crippen molar-refractivity contribution in [2.75, 3.05) is 32.4 Å². The Labute approximate surface area is 213 Å². The molecule has 35 heavy (non-hydrogen) atoms. The Morgan fingerprint density at radius 3 is 2.23 bits per heavy atom. The highest BCUT2D eigenvalue weighted by Gasteiger charge is 2.30. The average Bonchev–Trinajstić information content (AvgIpc) is 3.18. The van der Waals surface area contributed by atoms with Crippen molar-refractivity contribution in [2.24, 2.45) is 7.05 Å². The van der Waals surface area contributed by atoms with Gasteiger partial charge in [-0.15, -0.1) is 0 Å². The summed E-state index contributed by atoms with van der Waals surface area (Å²) in [6.07, 6.45) is 6.85. The summed E-state index contributed by atoms with van der Waals surface area (Å²) in [7, 11) is 2.11. The summed E-state index contributed by atoms with van der Waals surface area (Å²) in [5, 5.41) is 0. The van der Waals surface area contributed by atoms with E-state index in [1.807, 2.05) is 24.3 Å². The molecule has 1 aromatic heterocycles. The SMILES string of the molecule is Cc1cc2nc(-c3ccc([S+](C)[O-])cc3)n(C)c2cc1C1CCN(C2CCN(C(C)C)CC2)CC1. The first-order valence-electron chi connectivity index (χ1n) is 13.2. The Hall–Kier alpha value is -1.86. The standard InChI is InChI=1S/C29H40N4OS/c1-20(2)32-16-12-24(13-17-32)33-14-10-22(11-15-33)26-19-28-27(18-21(26)3)30-29(31(28)4)23-6-8-25(9-7-23)35(5)34/h6-9,18-20,22,24H,10-17H2,1-5H3. The van der Waals surface area contributed by atoms with E-state index >= 15 is 0 Å². The summed E-state index contributed by atoms with van der Waals surface area (Å²) in [5.74, 6) is 1.59. The predicted octanol–water partition coefficient (Wildman–Crippen LogP) is 5.34. The lowest BCUT2D eigenvalue weighted by Crippen LogP contribution is -2.48. The van der Waals surface area contributed by atoms with Gasteiger partial charge in [0.1, 0.15) is 12.1 Å². The number of fused-ring (bicyclic) bond motifs is 1. The topological polar surface area (TPSA) is 47.4 Å². The van der Waals surface area contributed by atoms with Crippen molar-refractivity contribution in [3.8, 4) is 11.4 Å². The second-order valence-electron chi connectivity index (χ2n) is 10.8. The van der Waals surface area contributed by atoms with Crippen LogP contribution in [-0.4, -0.2) is 68.4 Å². The molecule has 2 aliphatic rings. The van der Waals surface area contributed by atoms with Crippen LogP contribution in [0.4, 0.5) is 0 Å². The van der Waals surface area contributed by atoms with E-state index in [0.29, 0.717) is 12.0 Å². The number of likely N-dealkylation sites (tertiary alicyclic amines) is 2.